The molecule has 3 rings (SSSR count). The van der Waals surface area contributed by atoms with Gasteiger partial charge in [-0.2, -0.15) is 4.68 Å². The van der Waals surface area contributed by atoms with E-state index in [0.29, 0.717) is 28.8 Å². The molecule has 1 amide bonds. The van der Waals surface area contributed by atoms with Gasteiger partial charge in [0.1, 0.15) is 29.0 Å². The molecule has 0 aliphatic carbocycles. The molecule has 0 aliphatic heterocycles. The second kappa shape index (κ2) is 11.7. The Morgan fingerprint density at radius 2 is 1.74 bits per heavy atom. The zero-order valence-corrected chi connectivity index (χ0v) is 23.2. The molecule has 2 aromatic carbocycles. The number of anilines is 1. The molecule has 3 aromatic rings. The second-order valence-electron chi connectivity index (χ2n) is 9.74. The van der Waals surface area contributed by atoms with Crippen molar-refractivity contribution in [2.45, 2.75) is 44.3 Å². The number of rotatable bonds is 9. The van der Waals surface area contributed by atoms with Gasteiger partial charge in [-0.15, -0.1) is 5.10 Å². The predicted molar refractivity (Wildman–Crippen MR) is 146 cm³/mol. The highest BCUT2D eigenvalue weighted by atomic mass is 32.2. The minimum Gasteiger partial charge on any atom is -0.488 e. The Morgan fingerprint density at radius 3 is 2.34 bits per heavy atom. The van der Waals surface area contributed by atoms with Crippen LogP contribution in [0.15, 0.2) is 59.6 Å². The standard InChI is InChI=1S/C27H33N3O7S/c1-18(17-34-5)35-21-14-19(15-22(16-21)36-20-8-10-23(11-9-20)38(6,7)33)25(31)28-24-12-13-30(29-24)26(32)37-27(2,3)4/h8-16,18H,6,17H2,1-5,7H3,(H,28,29,31)/t18-,38?/m0/s1. The van der Waals surface area contributed by atoms with Crippen LogP contribution in [0.4, 0.5) is 10.6 Å². The van der Waals surface area contributed by atoms with E-state index in [-0.39, 0.29) is 17.5 Å². The number of nitrogens with zero attached hydrogens (tertiary/aromatic N) is 2. The van der Waals surface area contributed by atoms with Gasteiger partial charge in [0.25, 0.3) is 5.91 Å². The van der Waals surface area contributed by atoms with Crippen molar-refractivity contribution in [2.24, 2.45) is 0 Å². The Morgan fingerprint density at radius 1 is 1.08 bits per heavy atom. The fraction of sp³-hybridized carbons (Fsp3) is 0.333. The number of methoxy groups -OCH3 is 1. The molecule has 0 saturated heterocycles. The minimum atomic E-state index is -2.36. The van der Waals surface area contributed by atoms with Crippen LogP contribution in [0, 0.1) is 0 Å². The smallest absolute Gasteiger partial charge is 0.435 e. The number of hydrogen-bond acceptors (Lipinski definition) is 8. The fourth-order valence-electron chi connectivity index (χ4n) is 3.25. The zero-order chi connectivity index (χ0) is 28.1. The third-order valence-corrected chi connectivity index (χ3v) is 6.12. The van der Waals surface area contributed by atoms with E-state index < -0.39 is 27.1 Å². The molecule has 1 unspecified atom stereocenters. The number of carbonyl (C=O) groups is 2. The lowest BCUT2D eigenvalue weighted by Crippen LogP contribution is -2.27. The summed E-state index contributed by atoms with van der Waals surface area (Å²) in [7, 11) is -0.787. The van der Waals surface area contributed by atoms with Crippen LogP contribution in [-0.4, -0.2) is 63.5 Å². The molecular weight excluding hydrogens is 510 g/mol. The number of aromatic nitrogens is 2. The zero-order valence-electron chi connectivity index (χ0n) is 22.3. The molecule has 0 bridgehead atoms. The summed E-state index contributed by atoms with van der Waals surface area (Å²) < 4.78 is 35.5. The van der Waals surface area contributed by atoms with Crippen LogP contribution in [-0.2, 0) is 19.0 Å². The van der Waals surface area contributed by atoms with Crippen LogP contribution >= 0.6 is 0 Å². The Labute approximate surface area is 222 Å². The molecule has 11 heteroatoms. The molecule has 0 saturated carbocycles. The highest BCUT2D eigenvalue weighted by molar-refractivity contribution is 7.99. The van der Waals surface area contributed by atoms with Gasteiger partial charge in [-0.3, -0.25) is 9.00 Å². The van der Waals surface area contributed by atoms with Crippen molar-refractivity contribution in [1.29, 1.82) is 0 Å². The molecule has 0 fully saturated rings. The molecule has 1 heterocycles. The van der Waals surface area contributed by atoms with Gasteiger partial charge in [-0.1, -0.05) is 0 Å². The van der Waals surface area contributed by atoms with Crippen LogP contribution < -0.4 is 14.8 Å². The van der Waals surface area contributed by atoms with E-state index in [4.69, 9.17) is 18.9 Å². The summed E-state index contributed by atoms with van der Waals surface area (Å²) in [4.78, 5) is 25.9. The summed E-state index contributed by atoms with van der Waals surface area (Å²) in [6.07, 6.45) is 2.00. The van der Waals surface area contributed by atoms with Gasteiger partial charge in [0.15, 0.2) is 5.82 Å². The van der Waals surface area contributed by atoms with Gasteiger partial charge in [-0.25, -0.2) is 4.79 Å². The molecule has 1 aromatic heterocycles. The van der Waals surface area contributed by atoms with Crippen LogP contribution in [0.3, 0.4) is 0 Å². The van der Waals surface area contributed by atoms with Crippen LogP contribution in [0.5, 0.6) is 17.2 Å². The lowest BCUT2D eigenvalue weighted by Gasteiger charge is -2.18. The van der Waals surface area contributed by atoms with Crippen molar-refractivity contribution in [3.8, 4) is 17.2 Å². The van der Waals surface area contributed by atoms with Crippen LogP contribution in [0.1, 0.15) is 38.1 Å². The molecule has 0 aliphatic rings. The summed E-state index contributed by atoms with van der Waals surface area (Å²) in [6.45, 7) is 7.42. The maximum atomic E-state index is 13.1. The van der Waals surface area contributed by atoms with E-state index in [2.05, 4.69) is 16.3 Å². The third-order valence-electron chi connectivity index (χ3n) is 4.85. The largest absolute Gasteiger partial charge is 0.488 e. The maximum absolute atomic E-state index is 13.1. The number of benzene rings is 2. The first-order valence-electron chi connectivity index (χ1n) is 11.7. The lowest BCUT2D eigenvalue weighted by atomic mass is 10.2. The molecule has 1 N–H and O–H groups in total. The van der Waals surface area contributed by atoms with Crippen molar-refractivity contribution >= 4 is 33.2 Å². The van der Waals surface area contributed by atoms with Crippen molar-refractivity contribution in [3.05, 3.63) is 60.3 Å². The first-order chi connectivity index (χ1) is 17.7. The minimum absolute atomic E-state index is 0.161. The molecule has 2 atom stereocenters. The average molecular weight is 544 g/mol. The Balaban J connectivity index is 1.84. The summed E-state index contributed by atoms with van der Waals surface area (Å²) in [6, 6.07) is 13.0. The van der Waals surface area contributed by atoms with Gasteiger partial charge < -0.3 is 24.3 Å². The Kier molecular flexibility index (Phi) is 8.85. The number of carbonyl (C=O) groups excluding carboxylic acids is 2. The van der Waals surface area contributed by atoms with E-state index in [9.17, 15) is 13.8 Å². The summed E-state index contributed by atoms with van der Waals surface area (Å²) >= 11 is 0. The normalized spacial score (nSPS) is 13.7. The first-order valence-corrected chi connectivity index (χ1v) is 13.9. The second-order valence-corrected chi connectivity index (χ2v) is 12.2. The predicted octanol–water partition coefficient (Wildman–Crippen LogP) is 4.83. The third kappa shape index (κ3) is 8.35. The summed E-state index contributed by atoms with van der Waals surface area (Å²) in [5.41, 5.74) is -0.452. The molecule has 0 spiro atoms. The highest BCUT2D eigenvalue weighted by Gasteiger charge is 2.20. The number of hydrogen-bond donors (Lipinski definition) is 1. The van der Waals surface area contributed by atoms with E-state index in [1.807, 2.05) is 6.92 Å². The quantitative estimate of drug-likeness (QED) is 0.381. The molecule has 0 radical (unpaired) electrons. The highest BCUT2D eigenvalue weighted by Crippen LogP contribution is 2.29. The topological polar surface area (TPSA) is 118 Å². The van der Waals surface area contributed by atoms with Crippen molar-refractivity contribution in [1.82, 2.24) is 9.78 Å². The molecule has 38 heavy (non-hydrogen) atoms. The maximum Gasteiger partial charge on any atom is 0.435 e. The molecular formula is C27H33N3O7S. The number of nitrogens with one attached hydrogen (secondary N) is 1. The SMILES string of the molecule is C=S(C)(=O)c1ccc(Oc2cc(O[C@@H](C)COC)cc(C(=O)Nc3ccn(C(=O)OC(C)(C)C)n3)c2)cc1. The summed E-state index contributed by atoms with van der Waals surface area (Å²) in [5, 5.41) is 6.74. The monoisotopic (exact) mass is 543 g/mol. The lowest BCUT2D eigenvalue weighted by molar-refractivity contribution is 0.0514. The van der Waals surface area contributed by atoms with Gasteiger partial charge in [0, 0.05) is 42.2 Å². The van der Waals surface area contributed by atoms with Crippen molar-refractivity contribution < 1.29 is 32.7 Å². The van der Waals surface area contributed by atoms with E-state index in [0.717, 1.165) is 4.68 Å². The van der Waals surface area contributed by atoms with E-state index in [1.54, 1.807) is 76.6 Å². The number of ether oxygens (including phenoxy) is 4. The fourth-order valence-corrected chi connectivity index (χ4v) is 3.96. The van der Waals surface area contributed by atoms with Crippen LogP contribution in [0.2, 0.25) is 0 Å². The van der Waals surface area contributed by atoms with Crippen LogP contribution in [0.25, 0.3) is 0 Å². The molecule has 204 valence electrons. The van der Waals surface area contributed by atoms with Gasteiger partial charge in [0.2, 0.25) is 0 Å². The van der Waals surface area contributed by atoms with Gasteiger partial charge in [0.05, 0.1) is 6.61 Å². The molecule has 10 nitrogen and oxygen atoms in total. The average Bonchev–Trinajstić information content (AvgIpc) is 3.26. The van der Waals surface area contributed by atoms with Gasteiger partial charge in [-0.05, 0) is 79.5 Å². The number of amides is 1. The van der Waals surface area contributed by atoms with E-state index >= 15 is 0 Å². The van der Waals surface area contributed by atoms with Gasteiger partial charge >= 0.3 is 6.09 Å². The van der Waals surface area contributed by atoms with E-state index in [1.165, 1.54) is 12.3 Å². The van der Waals surface area contributed by atoms with Crippen molar-refractivity contribution in [2.75, 3.05) is 25.3 Å². The Bertz CT molecular complexity index is 1390. The van der Waals surface area contributed by atoms with Crippen molar-refractivity contribution in [3.63, 3.8) is 0 Å². The summed E-state index contributed by atoms with van der Waals surface area (Å²) in [5.74, 6) is 4.56. The Hall–Kier alpha value is -3.83. The first kappa shape index (κ1) is 28.7.